The zero-order chi connectivity index (χ0) is 22.9. The highest BCUT2D eigenvalue weighted by Gasteiger charge is 2.15. The fraction of sp³-hybridized carbons (Fsp3) is 0.417. The molecule has 0 aliphatic carbocycles. The summed E-state index contributed by atoms with van der Waals surface area (Å²) in [6, 6.07) is 13.0. The minimum absolute atomic E-state index is 0. The number of benzene rings is 2. The molecule has 0 saturated carbocycles. The first-order chi connectivity index (χ1) is 15.5. The Morgan fingerprint density at radius 1 is 1.12 bits per heavy atom. The van der Waals surface area contributed by atoms with Crippen LogP contribution < -0.4 is 15.5 Å². The average Bonchev–Trinajstić information content (AvgIpc) is 2.81. The first-order valence-corrected chi connectivity index (χ1v) is 10.8. The second kappa shape index (κ2) is 13.3. The Bertz CT molecular complexity index is 948. The summed E-state index contributed by atoms with van der Waals surface area (Å²) in [7, 11) is 5.19. The number of carbonyl (C=O) groups is 1. The van der Waals surface area contributed by atoms with Crippen LogP contribution in [0.15, 0.2) is 47.5 Å². The van der Waals surface area contributed by atoms with Crippen LogP contribution in [0.5, 0.6) is 0 Å². The molecule has 7 nitrogen and oxygen atoms in total. The fourth-order valence-electron chi connectivity index (χ4n) is 3.57. The lowest BCUT2D eigenvalue weighted by atomic mass is 10.1. The average molecular weight is 569 g/mol. The molecular formula is C24H33FIN5O2. The number of nitrogens with one attached hydrogen (secondary N) is 2. The maximum Gasteiger partial charge on any atom is 0.253 e. The Morgan fingerprint density at radius 3 is 2.55 bits per heavy atom. The van der Waals surface area contributed by atoms with Crippen molar-refractivity contribution in [2.75, 3.05) is 58.9 Å². The van der Waals surface area contributed by atoms with Gasteiger partial charge in [-0.2, -0.15) is 0 Å². The van der Waals surface area contributed by atoms with Gasteiger partial charge in [-0.15, -0.1) is 24.0 Å². The van der Waals surface area contributed by atoms with E-state index in [2.05, 4.69) is 15.6 Å². The van der Waals surface area contributed by atoms with E-state index in [1.165, 1.54) is 0 Å². The Balaban J connectivity index is 0.00000385. The van der Waals surface area contributed by atoms with Gasteiger partial charge in [0.05, 0.1) is 18.9 Å². The lowest BCUT2D eigenvalue weighted by Gasteiger charge is -2.29. The minimum Gasteiger partial charge on any atom is -0.378 e. The lowest BCUT2D eigenvalue weighted by Crippen LogP contribution is -2.38. The molecule has 0 atom stereocenters. The Hall–Kier alpha value is -2.40. The van der Waals surface area contributed by atoms with Gasteiger partial charge in [0.25, 0.3) is 5.91 Å². The standard InChI is InChI=1S/C24H32FN5O2.HI/c1-26-24(27-10-9-18-5-4-6-20(15-18)23(31)29(2)3)28-17-19-7-8-22(21(25)16-19)30-11-13-32-14-12-30;/h4-8,15-16H,9-14,17H2,1-3H3,(H2,26,27,28);1H. The molecule has 1 amide bonds. The van der Waals surface area contributed by atoms with Gasteiger partial charge >= 0.3 is 0 Å². The predicted octanol–water partition coefficient (Wildman–Crippen LogP) is 2.89. The number of amides is 1. The topological polar surface area (TPSA) is 69.2 Å². The number of anilines is 1. The molecular weight excluding hydrogens is 536 g/mol. The molecule has 0 unspecified atom stereocenters. The Labute approximate surface area is 212 Å². The van der Waals surface area contributed by atoms with Gasteiger partial charge in [-0.25, -0.2) is 4.39 Å². The van der Waals surface area contributed by atoms with Crippen LogP contribution in [0.2, 0.25) is 0 Å². The molecule has 0 bridgehead atoms. The fourth-order valence-corrected chi connectivity index (χ4v) is 3.57. The largest absolute Gasteiger partial charge is 0.378 e. The Kier molecular flexibility index (Phi) is 10.9. The molecule has 0 spiro atoms. The van der Waals surface area contributed by atoms with E-state index in [1.807, 2.05) is 41.3 Å². The van der Waals surface area contributed by atoms with Crippen LogP contribution in [-0.4, -0.2) is 70.8 Å². The molecule has 1 saturated heterocycles. The predicted molar refractivity (Wildman–Crippen MR) is 141 cm³/mol. The van der Waals surface area contributed by atoms with Gasteiger partial charge in [-0.1, -0.05) is 18.2 Å². The number of halogens is 2. The maximum absolute atomic E-state index is 14.6. The number of nitrogens with zero attached hydrogens (tertiary/aromatic N) is 3. The third kappa shape index (κ3) is 7.85. The van der Waals surface area contributed by atoms with Gasteiger partial charge in [-0.3, -0.25) is 9.79 Å². The molecule has 1 aliphatic rings. The first-order valence-electron chi connectivity index (χ1n) is 10.8. The third-order valence-electron chi connectivity index (χ3n) is 5.33. The summed E-state index contributed by atoms with van der Waals surface area (Å²) in [4.78, 5) is 19.9. The van der Waals surface area contributed by atoms with Crippen molar-refractivity contribution in [3.05, 3.63) is 65.0 Å². The van der Waals surface area contributed by atoms with Gasteiger partial charge in [0.1, 0.15) is 5.82 Å². The van der Waals surface area contributed by atoms with Gasteiger partial charge in [-0.05, 0) is 41.8 Å². The number of morpholine rings is 1. The normalized spacial score (nSPS) is 13.8. The van der Waals surface area contributed by atoms with Gasteiger partial charge in [0.2, 0.25) is 0 Å². The molecule has 9 heteroatoms. The highest BCUT2D eigenvalue weighted by molar-refractivity contribution is 14.0. The number of guanidine groups is 1. The lowest BCUT2D eigenvalue weighted by molar-refractivity contribution is 0.0827. The molecule has 1 aliphatic heterocycles. The molecule has 0 aromatic heterocycles. The molecule has 1 heterocycles. The molecule has 33 heavy (non-hydrogen) atoms. The van der Waals surface area contributed by atoms with Crippen molar-refractivity contribution >= 4 is 41.5 Å². The summed E-state index contributed by atoms with van der Waals surface area (Å²) in [5.74, 6) is 0.411. The summed E-state index contributed by atoms with van der Waals surface area (Å²) < 4.78 is 19.9. The van der Waals surface area contributed by atoms with Crippen LogP contribution in [0.4, 0.5) is 10.1 Å². The number of hydrogen-bond acceptors (Lipinski definition) is 4. The number of rotatable bonds is 7. The van der Waals surface area contributed by atoms with E-state index in [9.17, 15) is 9.18 Å². The molecule has 2 aromatic rings. The van der Waals surface area contributed by atoms with Gasteiger partial charge < -0.3 is 25.2 Å². The van der Waals surface area contributed by atoms with E-state index in [-0.39, 0.29) is 35.7 Å². The second-order valence-electron chi connectivity index (χ2n) is 7.89. The summed E-state index contributed by atoms with van der Waals surface area (Å²) >= 11 is 0. The quantitative estimate of drug-likeness (QED) is 0.305. The van der Waals surface area contributed by atoms with E-state index in [0.29, 0.717) is 56.6 Å². The van der Waals surface area contributed by atoms with E-state index < -0.39 is 0 Å². The minimum atomic E-state index is -0.221. The summed E-state index contributed by atoms with van der Waals surface area (Å²) in [5.41, 5.74) is 3.21. The number of carbonyl (C=O) groups excluding carboxylic acids is 1. The molecule has 2 N–H and O–H groups in total. The van der Waals surface area contributed by atoms with Crippen LogP contribution >= 0.6 is 24.0 Å². The number of hydrogen-bond donors (Lipinski definition) is 2. The van der Waals surface area contributed by atoms with Crippen molar-refractivity contribution in [1.29, 1.82) is 0 Å². The van der Waals surface area contributed by atoms with E-state index in [4.69, 9.17) is 4.74 Å². The van der Waals surface area contributed by atoms with E-state index in [1.54, 1.807) is 32.1 Å². The van der Waals surface area contributed by atoms with Gasteiger partial charge in [0, 0.05) is 52.9 Å². The van der Waals surface area contributed by atoms with Crippen molar-refractivity contribution in [3.63, 3.8) is 0 Å². The van der Waals surface area contributed by atoms with Crippen molar-refractivity contribution < 1.29 is 13.9 Å². The molecule has 0 radical (unpaired) electrons. The summed E-state index contributed by atoms with van der Waals surface area (Å²) in [6.45, 7) is 3.78. The third-order valence-corrected chi connectivity index (χ3v) is 5.33. The second-order valence-corrected chi connectivity index (χ2v) is 7.89. The molecule has 2 aromatic carbocycles. The number of aliphatic imine (C=N–C) groups is 1. The maximum atomic E-state index is 14.6. The van der Waals surface area contributed by atoms with E-state index >= 15 is 0 Å². The summed E-state index contributed by atoms with van der Waals surface area (Å²) in [6.07, 6.45) is 0.748. The van der Waals surface area contributed by atoms with Crippen molar-refractivity contribution in [2.45, 2.75) is 13.0 Å². The SMILES string of the molecule is CN=C(NCCc1cccc(C(=O)N(C)C)c1)NCc1ccc(N2CCOCC2)c(F)c1.I. The molecule has 3 rings (SSSR count). The zero-order valence-corrected chi connectivity index (χ0v) is 21.8. The van der Waals surface area contributed by atoms with Crippen LogP contribution in [-0.2, 0) is 17.7 Å². The molecule has 1 fully saturated rings. The van der Waals surface area contributed by atoms with Crippen LogP contribution in [0.1, 0.15) is 21.5 Å². The van der Waals surface area contributed by atoms with Crippen molar-refractivity contribution in [3.8, 4) is 0 Å². The van der Waals surface area contributed by atoms with Crippen LogP contribution in [0.3, 0.4) is 0 Å². The van der Waals surface area contributed by atoms with Crippen LogP contribution in [0.25, 0.3) is 0 Å². The molecule has 180 valence electrons. The monoisotopic (exact) mass is 569 g/mol. The van der Waals surface area contributed by atoms with Crippen LogP contribution in [0, 0.1) is 5.82 Å². The van der Waals surface area contributed by atoms with E-state index in [0.717, 1.165) is 17.5 Å². The Morgan fingerprint density at radius 2 is 1.88 bits per heavy atom. The smallest absolute Gasteiger partial charge is 0.253 e. The first kappa shape index (κ1) is 26.8. The summed E-state index contributed by atoms with van der Waals surface area (Å²) in [5, 5.41) is 6.49. The van der Waals surface area contributed by atoms with Gasteiger partial charge in [0.15, 0.2) is 5.96 Å². The zero-order valence-electron chi connectivity index (χ0n) is 19.4. The van der Waals surface area contributed by atoms with Crippen molar-refractivity contribution in [1.82, 2.24) is 15.5 Å². The van der Waals surface area contributed by atoms with Crippen molar-refractivity contribution in [2.24, 2.45) is 4.99 Å². The highest BCUT2D eigenvalue weighted by Crippen LogP contribution is 2.21. The highest BCUT2D eigenvalue weighted by atomic mass is 127. The number of ether oxygens (including phenoxy) is 1.